The van der Waals surface area contributed by atoms with E-state index in [9.17, 15) is 9.18 Å². The lowest BCUT2D eigenvalue weighted by Gasteiger charge is -2.31. The highest BCUT2D eigenvalue weighted by atomic mass is 32.1. The van der Waals surface area contributed by atoms with Gasteiger partial charge in [0.15, 0.2) is 0 Å². The molecule has 1 aliphatic carbocycles. The first-order chi connectivity index (χ1) is 17.1. The lowest BCUT2D eigenvalue weighted by atomic mass is 9.95. The second-order valence-electron chi connectivity index (χ2n) is 9.52. The van der Waals surface area contributed by atoms with E-state index in [4.69, 9.17) is 0 Å². The van der Waals surface area contributed by atoms with Gasteiger partial charge < -0.3 is 14.8 Å². The summed E-state index contributed by atoms with van der Waals surface area (Å²) < 4.78 is 16.1. The lowest BCUT2D eigenvalue weighted by Crippen LogP contribution is -2.41. The van der Waals surface area contributed by atoms with Crippen molar-refractivity contribution in [1.29, 1.82) is 0 Å². The van der Waals surface area contributed by atoms with Gasteiger partial charge in [0.1, 0.15) is 10.8 Å². The summed E-state index contributed by atoms with van der Waals surface area (Å²) in [5, 5.41) is 4.38. The molecule has 0 saturated heterocycles. The van der Waals surface area contributed by atoms with Crippen molar-refractivity contribution in [2.24, 2.45) is 0 Å². The Morgan fingerprint density at radius 1 is 1.03 bits per heavy atom. The normalized spacial score (nSPS) is 16.7. The van der Waals surface area contributed by atoms with Crippen molar-refractivity contribution in [3.8, 4) is 5.00 Å². The van der Waals surface area contributed by atoms with Crippen LogP contribution >= 0.6 is 11.3 Å². The minimum atomic E-state index is -0.317. The molecular formula is C29H28FN3OS. The lowest BCUT2D eigenvalue weighted by molar-refractivity contribution is 0.180. The Morgan fingerprint density at radius 2 is 1.80 bits per heavy atom. The number of fused-ring (bicyclic) bond motifs is 5. The maximum absolute atomic E-state index is 13.8. The van der Waals surface area contributed by atoms with E-state index in [1.54, 1.807) is 12.1 Å². The molecule has 1 atom stereocenters. The van der Waals surface area contributed by atoms with Crippen LogP contribution in [0.3, 0.4) is 0 Å². The highest BCUT2D eigenvalue weighted by molar-refractivity contribution is 7.15. The SMILES string of the molecule is Cc1ccc(CNC(=O)N2Cc3c(sc4c3CCCC4)-n3cccc3[C@@H]2c2ccc(F)cc2)cc1. The van der Waals surface area contributed by atoms with Crippen molar-refractivity contribution >= 4 is 17.4 Å². The highest BCUT2D eigenvalue weighted by Gasteiger charge is 2.36. The number of aryl methyl sites for hydroxylation is 2. The molecule has 178 valence electrons. The molecule has 4 nitrogen and oxygen atoms in total. The Kier molecular flexibility index (Phi) is 5.69. The molecule has 0 spiro atoms. The second kappa shape index (κ2) is 9.00. The van der Waals surface area contributed by atoms with Gasteiger partial charge in [-0.05, 0) is 73.6 Å². The summed E-state index contributed by atoms with van der Waals surface area (Å²) in [6, 6.07) is 18.5. The van der Waals surface area contributed by atoms with Gasteiger partial charge in [0, 0.05) is 23.2 Å². The number of carbonyl (C=O) groups excluding carboxylic acids is 1. The van der Waals surface area contributed by atoms with Crippen LogP contribution in [0.2, 0.25) is 0 Å². The summed E-state index contributed by atoms with van der Waals surface area (Å²) in [5.41, 5.74) is 6.87. The van der Waals surface area contributed by atoms with Gasteiger partial charge in [-0.25, -0.2) is 9.18 Å². The number of hydrogen-bond acceptors (Lipinski definition) is 2. The Bertz CT molecular complexity index is 1370. The van der Waals surface area contributed by atoms with Gasteiger partial charge in [-0.3, -0.25) is 0 Å². The summed E-state index contributed by atoms with van der Waals surface area (Å²) in [7, 11) is 0. The number of hydrogen-bond donors (Lipinski definition) is 1. The molecule has 4 aromatic rings. The fourth-order valence-corrected chi connectivity index (χ4v) is 6.77. The minimum absolute atomic E-state index is 0.115. The van der Waals surface area contributed by atoms with Gasteiger partial charge in [0.25, 0.3) is 0 Å². The van der Waals surface area contributed by atoms with Crippen LogP contribution in [0.15, 0.2) is 66.9 Å². The maximum Gasteiger partial charge on any atom is 0.318 e. The van der Waals surface area contributed by atoms with Gasteiger partial charge in [0.05, 0.1) is 18.3 Å². The first kappa shape index (κ1) is 22.1. The fraction of sp³-hybridized carbons (Fsp3) is 0.276. The van der Waals surface area contributed by atoms with E-state index < -0.39 is 0 Å². The molecule has 2 aromatic heterocycles. The summed E-state index contributed by atoms with van der Waals surface area (Å²) in [6.07, 6.45) is 6.70. The third-order valence-electron chi connectivity index (χ3n) is 7.19. The third kappa shape index (κ3) is 4.06. The van der Waals surface area contributed by atoms with Gasteiger partial charge in [-0.2, -0.15) is 0 Å². The minimum Gasteiger partial charge on any atom is -0.334 e. The molecule has 1 N–H and O–H groups in total. The predicted octanol–water partition coefficient (Wildman–Crippen LogP) is 6.68. The van der Waals surface area contributed by atoms with E-state index in [0.29, 0.717) is 13.1 Å². The monoisotopic (exact) mass is 485 g/mol. The number of rotatable bonds is 3. The highest BCUT2D eigenvalue weighted by Crippen LogP contribution is 2.44. The number of halogens is 1. The van der Waals surface area contributed by atoms with Gasteiger partial charge in [0.2, 0.25) is 0 Å². The molecule has 2 aromatic carbocycles. The first-order valence-electron chi connectivity index (χ1n) is 12.2. The van der Waals surface area contributed by atoms with Gasteiger partial charge in [-0.1, -0.05) is 42.0 Å². The van der Waals surface area contributed by atoms with Crippen molar-refractivity contribution < 1.29 is 9.18 Å². The van der Waals surface area contributed by atoms with Crippen LogP contribution in [0.1, 0.15) is 57.3 Å². The van der Waals surface area contributed by atoms with Crippen LogP contribution in [-0.4, -0.2) is 15.5 Å². The van der Waals surface area contributed by atoms with Gasteiger partial charge >= 0.3 is 6.03 Å². The molecule has 0 bridgehead atoms. The number of nitrogens with zero attached hydrogens (tertiary/aromatic N) is 2. The third-order valence-corrected chi connectivity index (χ3v) is 8.52. The number of nitrogens with one attached hydrogen (secondary N) is 1. The molecule has 35 heavy (non-hydrogen) atoms. The number of amides is 2. The van der Waals surface area contributed by atoms with E-state index in [-0.39, 0.29) is 17.9 Å². The fourth-order valence-electron chi connectivity index (χ4n) is 5.37. The number of aromatic nitrogens is 1. The molecule has 1 aliphatic heterocycles. The van der Waals surface area contributed by atoms with Crippen LogP contribution < -0.4 is 5.32 Å². The standard InChI is InChI=1S/C29H28FN3OS/c1-19-8-10-20(11-9-19)17-31-29(34)33-18-24-23-5-2-3-7-26(23)35-28(24)32-16-4-6-25(32)27(33)21-12-14-22(30)15-13-21/h4,6,8-16,27H,2-3,5,7,17-18H2,1H3,(H,31,34)/t27-/m0/s1. The van der Waals surface area contributed by atoms with Crippen LogP contribution in [0.25, 0.3) is 5.00 Å². The molecule has 0 fully saturated rings. The number of benzene rings is 2. The van der Waals surface area contributed by atoms with E-state index >= 15 is 0 Å². The van der Waals surface area contributed by atoms with Crippen LogP contribution in [0.4, 0.5) is 9.18 Å². The van der Waals surface area contributed by atoms with E-state index in [1.807, 2.05) is 34.4 Å². The average Bonchev–Trinajstić information content (AvgIpc) is 3.46. The number of carbonyl (C=O) groups is 1. The maximum atomic E-state index is 13.8. The largest absolute Gasteiger partial charge is 0.334 e. The van der Waals surface area contributed by atoms with E-state index in [0.717, 1.165) is 29.7 Å². The molecule has 6 rings (SSSR count). The van der Waals surface area contributed by atoms with Crippen LogP contribution in [0.5, 0.6) is 0 Å². The van der Waals surface area contributed by atoms with Crippen LogP contribution in [0, 0.1) is 12.7 Å². The summed E-state index contributed by atoms with van der Waals surface area (Å²) in [5.74, 6) is -0.277. The average molecular weight is 486 g/mol. The molecule has 3 heterocycles. The molecule has 0 saturated carbocycles. The molecule has 2 amide bonds. The Hall–Kier alpha value is -3.38. The predicted molar refractivity (Wildman–Crippen MR) is 137 cm³/mol. The molecule has 6 heteroatoms. The molecule has 0 radical (unpaired) electrons. The Balaban J connectivity index is 1.42. The first-order valence-corrected chi connectivity index (χ1v) is 13.1. The van der Waals surface area contributed by atoms with Crippen molar-refractivity contribution in [2.45, 2.75) is 51.7 Å². The summed E-state index contributed by atoms with van der Waals surface area (Å²) in [6.45, 7) is 3.05. The second-order valence-corrected chi connectivity index (χ2v) is 10.6. The van der Waals surface area contributed by atoms with Crippen molar-refractivity contribution in [3.05, 3.63) is 111 Å². The van der Waals surface area contributed by atoms with Crippen molar-refractivity contribution in [2.75, 3.05) is 0 Å². The molecule has 2 aliphatic rings. The van der Waals surface area contributed by atoms with E-state index in [2.05, 4.69) is 41.2 Å². The molecule has 0 unspecified atom stereocenters. The smallest absolute Gasteiger partial charge is 0.318 e. The summed E-state index contributed by atoms with van der Waals surface area (Å²) >= 11 is 1.87. The zero-order chi connectivity index (χ0) is 23.9. The van der Waals surface area contributed by atoms with Crippen molar-refractivity contribution in [3.63, 3.8) is 0 Å². The van der Waals surface area contributed by atoms with Gasteiger partial charge in [-0.15, -0.1) is 11.3 Å². The zero-order valence-electron chi connectivity index (χ0n) is 19.8. The zero-order valence-corrected chi connectivity index (χ0v) is 20.6. The molecular weight excluding hydrogens is 457 g/mol. The Labute approximate surface area is 209 Å². The Morgan fingerprint density at radius 3 is 2.60 bits per heavy atom. The summed E-state index contributed by atoms with van der Waals surface area (Å²) in [4.78, 5) is 17.2. The quantitative estimate of drug-likeness (QED) is 0.345. The number of thiophene rings is 1. The topological polar surface area (TPSA) is 37.3 Å². The van der Waals surface area contributed by atoms with Crippen LogP contribution in [-0.2, 0) is 25.9 Å². The van der Waals surface area contributed by atoms with Crippen molar-refractivity contribution in [1.82, 2.24) is 14.8 Å². The van der Waals surface area contributed by atoms with E-state index in [1.165, 1.54) is 51.5 Å². The number of urea groups is 1.